The highest BCUT2D eigenvalue weighted by atomic mass is 16.5. The lowest BCUT2D eigenvalue weighted by Crippen LogP contribution is -2.32. The zero-order valence-corrected chi connectivity index (χ0v) is 15.7. The van der Waals surface area contributed by atoms with Crippen LogP contribution < -0.4 is 5.32 Å². The number of hydrogen-bond acceptors (Lipinski definition) is 4. The van der Waals surface area contributed by atoms with E-state index in [4.69, 9.17) is 4.74 Å². The lowest BCUT2D eigenvalue weighted by molar-refractivity contribution is -0.121. The highest BCUT2D eigenvalue weighted by molar-refractivity contribution is 6.21. The van der Waals surface area contributed by atoms with Gasteiger partial charge < -0.3 is 10.1 Å². The minimum Gasteiger partial charge on any atom is -0.377 e. The van der Waals surface area contributed by atoms with E-state index in [1.807, 2.05) is 30.3 Å². The van der Waals surface area contributed by atoms with Gasteiger partial charge in [-0.2, -0.15) is 0 Å². The number of ether oxygens (including phenoxy) is 1. The van der Waals surface area contributed by atoms with Crippen LogP contribution in [-0.4, -0.2) is 42.3 Å². The Balaban J connectivity index is 1.27. The number of nitrogens with zero attached hydrogens (tertiary/aromatic N) is 1. The Hall–Kier alpha value is -2.99. The number of benzene rings is 2. The molecule has 3 amide bonds. The van der Waals surface area contributed by atoms with Gasteiger partial charge in [0, 0.05) is 26.1 Å². The fraction of sp³-hybridized carbons (Fsp3) is 0.318. The normalized spacial score (nSPS) is 12.9. The average Bonchev–Trinajstić information content (AvgIpc) is 2.96. The highest BCUT2D eigenvalue weighted by Crippen LogP contribution is 2.22. The maximum Gasteiger partial charge on any atom is 0.261 e. The van der Waals surface area contributed by atoms with E-state index in [0.29, 0.717) is 37.3 Å². The molecule has 0 saturated carbocycles. The van der Waals surface area contributed by atoms with Gasteiger partial charge in [-0.3, -0.25) is 19.3 Å². The molecule has 1 aliphatic rings. The van der Waals surface area contributed by atoms with Crippen LogP contribution in [0.15, 0.2) is 54.6 Å². The first kappa shape index (κ1) is 19.8. The van der Waals surface area contributed by atoms with Crippen molar-refractivity contribution in [3.63, 3.8) is 0 Å². The van der Waals surface area contributed by atoms with Gasteiger partial charge >= 0.3 is 0 Å². The molecule has 0 atom stereocenters. The van der Waals surface area contributed by atoms with Crippen LogP contribution in [0.5, 0.6) is 0 Å². The van der Waals surface area contributed by atoms with Crippen LogP contribution in [0.4, 0.5) is 0 Å². The maximum atomic E-state index is 12.2. The number of fused-ring (bicyclic) bond motifs is 1. The van der Waals surface area contributed by atoms with Crippen molar-refractivity contribution >= 4 is 17.7 Å². The first-order valence-electron chi connectivity index (χ1n) is 9.50. The molecule has 3 rings (SSSR count). The molecule has 0 radical (unpaired) electrons. The topological polar surface area (TPSA) is 75.7 Å². The Kier molecular flexibility index (Phi) is 6.92. The summed E-state index contributed by atoms with van der Waals surface area (Å²) >= 11 is 0. The number of carbonyl (C=O) groups excluding carboxylic acids is 3. The lowest BCUT2D eigenvalue weighted by atomic mass is 10.1. The van der Waals surface area contributed by atoms with Crippen molar-refractivity contribution in [1.29, 1.82) is 0 Å². The Morgan fingerprint density at radius 3 is 2.21 bits per heavy atom. The number of imide groups is 1. The zero-order chi connectivity index (χ0) is 19.8. The summed E-state index contributed by atoms with van der Waals surface area (Å²) in [7, 11) is 0. The molecule has 6 heteroatoms. The molecule has 146 valence electrons. The van der Waals surface area contributed by atoms with Gasteiger partial charge in [-0.1, -0.05) is 42.5 Å². The van der Waals surface area contributed by atoms with Crippen LogP contribution in [0.3, 0.4) is 0 Å². The molecule has 2 aromatic carbocycles. The molecule has 1 heterocycles. The summed E-state index contributed by atoms with van der Waals surface area (Å²) < 4.78 is 5.57. The van der Waals surface area contributed by atoms with Gasteiger partial charge in [0.1, 0.15) is 0 Å². The third-order valence-electron chi connectivity index (χ3n) is 4.56. The second-order valence-corrected chi connectivity index (χ2v) is 6.65. The molecule has 0 unspecified atom stereocenters. The minimum absolute atomic E-state index is 0.0836. The van der Waals surface area contributed by atoms with Gasteiger partial charge in [0.05, 0.1) is 17.7 Å². The van der Waals surface area contributed by atoms with E-state index in [1.54, 1.807) is 24.3 Å². The average molecular weight is 380 g/mol. The van der Waals surface area contributed by atoms with Crippen molar-refractivity contribution < 1.29 is 19.1 Å². The van der Waals surface area contributed by atoms with Crippen molar-refractivity contribution in [3.05, 3.63) is 71.3 Å². The molecule has 2 aromatic rings. The van der Waals surface area contributed by atoms with Crippen molar-refractivity contribution in [2.75, 3.05) is 19.7 Å². The first-order valence-corrected chi connectivity index (χ1v) is 9.50. The predicted molar refractivity (Wildman–Crippen MR) is 105 cm³/mol. The van der Waals surface area contributed by atoms with E-state index in [9.17, 15) is 14.4 Å². The summed E-state index contributed by atoms with van der Waals surface area (Å²) in [6.45, 7) is 1.93. The van der Waals surface area contributed by atoms with Gasteiger partial charge in [-0.25, -0.2) is 0 Å². The van der Waals surface area contributed by atoms with Gasteiger partial charge in [-0.15, -0.1) is 0 Å². The van der Waals surface area contributed by atoms with Crippen molar-refractivity contribution in [1.82, 2.24) is 10.2 Å². The molecule has 28 heavy (non-hydrogen) atoms. The van der Waals surface area contributed by atoms with Gasteiger partial charge in [0.25, 0.3) is 11.8 Å². The molecular weight excluding hydrogens is 356 g/mol. The van der Waals surface area contributed by atoms with Crippen molar-refractivity contribution in [3.8, 4) is 0 Å². The van der Waals surface area contributed by atoms with E-state index in [1.165, 1.54) is 4.90 Å². The lowest BCUT2D eigenvalue weighted by Gasteiger charge is -2.13. The molecule has 0 aromatic heterocycles. The fourth-order valence-corrected chi connectivity index (χ4v) is 3.09. The highest BCUT2D eigenvalue weighted by Gasteiger charge is 2.34. The third-order valence-corrected chi connectivity index (χ3v) is 4.56. The molecule has 6 nitrogen and oxygen atoms in total. The van der Waals surface area contributed by atoms with Crippen LogP contribution in [-0.2, 0) is 16.1 Å². The fourth-order valence-electron chi connectivity index (χ4n) is 3.09. The van der Waals surface area contributed by atoms with Gasteiger partial charge in [0.15, 0.2) is 0 Å². The monoisotopic (exact) mass is 380 g/mol. The largest absolute Gasteiger partial charge is 0.377 e. The van der Waals surface area contributed by atoms with E-state index < -0.39 is 0 Å². The quantitative estimate of drug-likeness (QED) is 0.508. The summed E-state index contributed by atoms with van der Waals surface area (Å²) in [5, 5.41) is 2.84. The Morgan fingerprint density at radius 1 is 0.893 bits per heavy atom. The Labute approximate surface area is 164 Å². The second-order valence-electron chi connectivity index (χ2n) is 6.65. The minimum atomic E-state index is -0.281. The van der Waals surface area contributed by atoms with Crippen LogP contribution in [0.25, 0.3) is 0 Å². The summed E-state index contributed by atoms with van der Waals surface area (Å²) in [5.74, 6) is -0.646. The predicted octanol–water partition coefficient (Wildman–Crippen LogP) is 2.79. The van der Waals surface area contributed by atoms with Crippen LogP contribution in [0.1, 0.15) is 45.5 Å². The molecule has 0 fully saturated rings. The Morgan fingerprint density at radius 2 is 1.54 bits per heavy atom. The number of rotatable bonds is 10. The summed E-state index contributed by atoms with van der Waals surface area (Å²) in [6.07, 6.45) is 1.46. The number of amides is 3. The first-order chi connectivity index (χ1) is 13.7. The molecule has 1 N–H and O–H groups in total. The molecule has 0 aliphatic carbocycles. The number of carbonyl (C=O) groups is 3. The molecule has 0 bridgehead atoms. The summed E-state index contributed by atoms with van der Waals surface area (Å²) in [6, 6.07) is 16.7. The molecular formula is C22H24N2O4. The van der Waals surface area contributed by atoms with E-state index in [2.05, 4.69) is 5.32 Å². The van der Waals surface area contributed by atoms with E-state index in [0.717, 1.165) is 12.0 Å². The van der Waals surface area contributed by atoms with E-state index in [-0.39, 0.29) is 30.7 Å². The summed E-state index contributed by atoms with van der Waals surface area (Å²) in [5.41, 5.74) is 2.00. The summed E-state index contributed by atoms with van der Waals surface area (Å²) in [4.78, 5) is 37.6. The van der Waals surface area contributed by atoms with Crippen molar-refractivity contribution in [2.45, 2.75) is 25.9 Å². The van der Waals surface area contributed by atoms with Crippen LogP contribution in [0, 0.1) is 0 Å². The van der Waals surface area contributed by atoms with Crippen LogP contribution >= 0.6 is 0 Å². The van der Waals surface area contributed by atoms with Crippen LogP contribution in [0.2, 0.25) is 0 Å². The smallest absolute Gasteiger partial charge is 0.261 e. The SMILES string of the molecule is O=C(CCCN1C(=O)c2ccccc2C1=O)NCCCOCc1ccccc1. The van der Waals surface area contributed by atoms with Crippen molar-refractivity contribution in [2.24, 2.45) is 0 Å². The number of nitrogens with one attached hydrogen (secondary N) is 1. The zero-order valence-electron chi connectivity index (χ0n) is 15.7. The molecule has 1 aliphatic heterocycles. The molecule has 0 spiro atoms. The molecule has 0 saturated heterocycles. The van der Waals surface area contributed by atoms with Gasteiger partial charge in [-0.05, 0) is 30.5 Å². The Bertz CT molecular complexity index is 800. The third kappa shape index (κ3) is 5.04. The van der Waals surface area contributed by atoms with E-state index >= 15 is 0 Å². The standard InChI is InChI=1S/C22H24N2O4/c25-20(23-13-7-15-28-16-17-8-2-1-3-9-17)12-6-14-24-21(26)18-10-4-5-11-19(18)22(24)27/h1-5,8-11H,6-7,12-16H2,(H,23,25). The number of hydrogen-bond donors (Lipinski definition) is 1. The maximum absolute atomic E-state index is 12.2. The van der Waals surface area contributed by atoms with Gasteiger partial charge in [0.2, 0.25) is 5.91 Å². The second kappa shape index (κ2) is 9.80.